The van der Waals surface area contributed by atoms with Crippen molar-refractivity contribution in [3.8, 4) is 0 Å². The van der Waals surface area contributed by atoms with E-state index in [-0.39, 0.29) is 12.6 Å². The molecule has 0 fully saturated rings. The summed E-state index contributed by atoms with van der Waals surface area (Å²) in [5, 5.41) is 0. The van der Waals surface area contributed by atoms with Crippen LogP contribution >= 0.6 is 34.8 Å². The zero-order chi connectivity index (χ0) is 13.1. The highest BCUT2D eigenvalue weighted by atomic mass is 35.6. The van der Waals surface area contributed by atoms with E-state index in [4.69, 9.17) is 34.8 Å². The molecular weight excluding hydrogens is 282 g/mol. The lowest BCUT2D eigenvalue weighted by Gasteiger charge is -2.24. The van der Waals surface area contributed by atoms with Crippen molar-refractivity contribution >= 4 is 34.8 Å². The molecule has 0 heterocycles. The largest absolute Gasteiger partial charge is 0.251 e. The Bertz CT molecular complexity index is 169. The number of unbranched alkanes of at least 4 members (excludes halogenated alkanes) is 5. The number of halogens is 4. The van der Waals surface area contributed by atoms with Gasteiger partial charge < -0.3 is 0 Å². The van der Waals surface area contributed by atoms with Gasteiger partial charge in [0, 0.05) is 5.92 Å². The lowest BCUT2D eigenvalue weighted by molar-refractivity contribution is 0.377. The molecule has 0 rings (SSSR count). The standard InChI is InChI=1S/C13H24Cl3F/c1-2-3-4-5-6-7-9-12(10-8-11-17)13(14,15)16/h12H,2-11H2,1H3. The molecule has 0 N–H and O–H groups in total. The number of alkyl halides is 4. The molecule has 0 saturated carbocycles. The Morgan fingerprint density at radius 1 is 0.882 bits per heavy atom. The van der Waals surface area contributed by atoms with E-state index >= 15 is 0 Å². The minimum atomic E-state index is -1.24. The van der Waals surface area contributed by atoms with Crippen molar-refractivity contribution < 1.29 is 4.39 Å². The minimum absolute atomic E-state index is 0.00516. The van der Waals surface area contributed by atoms with Crippen LogP contribution in [0.15, 0.2) is 0 Å². The van der Waals surface area contributed by atoms with Crippen molar-refractivity contribution in [2.24, 2.45) is 5.92 Å². The second-order valence-corrected chi connectivity index (χ2v) is 7.00. The van der Waals surface area contributed by atoms with Crippen LogP contribution in [0, 0.1) is 5.92 Å². The van der Waals surface area contributed by atoms with Gasteiger partial charge in [-0.05, 0) is 19.3 Å². The number of hydrogen-bond donors (Lipinski definition) is 0. The van der Waals surface area contributed by atoms with E-state index in [2.05, 4.69) is 6.92 Å². The minimum Gasteiger partial charge on any atom is -0.251 e. The summed E-state index contributed by atoms with van der Waals surface area (Å²) in [6, 6.07) is 0. The SMILES string of the molecule is CCCCCCCCC(CCCF)C(Cl)(Cl)Cl. The first-order valence-electron chi connectivity index (χ1n) is 6.65. The Hall–Kier alpha value is 0.800. The van der Waals surface area contributed by atoms with Crippen molar-refractivity contribution in [1.82, 2.24) is 0 Å². The van der Waals surface area contributed by atoms with Crippen LogP contribution in [0.5, 0.6) is 0 Å². The molecule has 1 unspecified atom stereocenters. The van der Waals surface area contributed by atoms with Gasteiger partial charge in [-0.1, -0.05) is 80.3 Å². The average Bonchev–Trinajstić information content (AvgIpc) is 2.25. The Balaban J connectivity index is 3.69. The topological polar surface area (TPSA) is 0 Å². The lowest BCUT2D eigenvalue weighted by Crippen LogP contribution is -2.19. The van der Waals surface area contributed by atoms with Gasteiger partial charge in [-0.2, -0.15) is 0 Å². The van der Waals surface area contributed by atoms with E-state index < -0.39 is 3.79 Å². The summed E-state index contributed by atoms with van der Waals surface area (Å²) in [5.41, 5.74) is 0. The zero-order valence-corrected chi connectivity index (χ0v) is 12.9. The maximum Gasteiger partial charge on any atom is 0.193 e. The molecule has 0 amide bonds. The van der Waals surface area contributed by atoms with E-state index in [1.54, 1.807) is 0 Å². The quantitative estimate of drug-likeness (QED) is 0.320. The summed E-state index contributed by atoms with van der Waals surface area (Å²) in [6.45, 7) is 1.88. The van der Waals surface area contributed by atoms with Crippen molar-refractivity contribution in [3.63, 3.8) is 0 Å². The molecule has 0 spiro atoms. The highest BCUT2D eigenvalue weighted by molar-refractivity contribution is 6.67. The zero-order valence-electron chi connectivity index (χ0n) is 10.7. The smallest absolute Gasteiger partial charge is 0.193 e. The molecule has 17 heavy (non-hydrogen) atoms. The van der Waals surface area contributed by atoms with Gasteiger partial charge in [0.15, 0.2) is 3.79 Å². The van der Waals surface area contributed by atoms with Gasteiger partial charge in [-0.25, -0.2) is 0 Å². The molecule has 0 aromatic rings. The molecular formula is C13H24Cl3F. The predicted molar refractivity (Wildman–Crippen MR) is 77.0 cm³/mol. The van der Waals surface area contributed by atoms with Gasteiger partial charge in [-0.15, -0.1) is 0 Å². The summed E-state index contributed by atoms with van der Waals surface area (Å²) in [5.74, 6) is -0.00516. The van der Waals surface area contributed by atoms with Crippen LogP contribution in [-0.4, -0.2) is 10.5 Å². The molecule has 0 saturated heterocycles. The molecule has 4 heteroatoms. The second kappa shape index (κ2) is 10.7. The third kappa shape index (κ3) is 10.4. The van der Waals surface area contributed by atoms with Crippen molar-refractivity contribution in [1.29, 1.82) is 0 Å². The Labute approximate surface area is 120 Å². The van der Waals surface area contributed by atoms with E-state index in [9.17, 15) is 4.39 Å². The van der Waals surface area contributed by atoms with Crippen LogP contribution in [0.25, 0.3) is 0 Å². The highest BCUT2D eigenvalue weighted by Crippen LogP contribution is 2.40. The molecule has 0 bridgehead atoms. The van der Waals surface area contributed by atoms with Gasteiger partial charge >= 0.3 is 0 Å². The van der Waals surface area contributed by atoms with E-state index in [0.717, 1.165) is 12.8 Å². The molecule has 1 atom stereocenters. The number of hydrogen-bond acceptors (Lipinski definition) is 0. The van der Waals surface area contributed by atoms with E-state index in [0.29, 0.717) is 12.8 Å². The Morgan fingerprint density at radius 2 is 1.41 bits per heavy atom. The fourth-order valence-corrected chi connectivity index (χ4v) is 2.62. The number of rotatable bonds is 10. The van der Waals surface area contributed by atoms with Gasteiger partial charge in [0.05, 0.1) is 6.67 Å². The average molecular weight is 306 g/mol. The summed E-state index contributed by atoms with van der Waals surface area (Å²) >= 11 is 17.7. The van der Waals surface area contributed by atoms with Gasteiger partial charge in [0.25, 0.3) is 0 Å². The maximum absolute atomic E-state index is 12.1. The molecule has 0 nitrogen and oxygen atoms in total. The van der Waals surface area contributed by atoms with Crippen LogP contribution in [0.3, 0.4) is 0 Å². The van der Waals surface area contributed by atoms with Crippen molar-refractivity contribution in [3.05, 3.63) is 0 Å². The first-order valence-corrected chi connectivity index (χ1v) is 7.78. The summed E-state index contributed by atoms with van der Waals surface area (Å²) < 4.78 is 10.9. The Kier molecular flexibility index (Phi) is 11.2. The molecule has 104 valence electrons. The third-order valence-electron chi connectivity index (χ3n) is 3.06. The van der Waals surface area contributed by atoms with Gasteiger partial charge in [0.1, 0.15) is 0 Å². The molecule has 0 radical (unpaired) electrons. The van der Waals surface area contributed by atoms with Crippen LogP contribution in [0.4, 0.5) is 4.39 Å². The summed E-state index contributed by atoms with van der Waals surface area (Å²) in [6.07, 6.45) is 9.42. The first kappa shape index (κ1) is 17.8. The van der Waals surface area contributed by atoms with Crippen LogP contribution in [0.1, 0.15) is 64.7 Å². The van der Waals surface area contributed by atoms with E-state index in [1.165, 1.54) is 32.1 Å². The summed E-state index contributed by atoms with van der Waals surface area (Å²) in [4.78, 5) is 0. The van der Waals surface area contributed by atoms with Gasteiger partial charge in [0.2, 0.25) is 0 Å². The fraction of sp³-hybridized carbons (Fsp3) is 1.00. The molecule has 0 aromatic carbocycles. The van der Waals surface area contributed by atoms with Crippen molar-refractivity contribution in [2.45, 2.75) is 68.5 Å². The molecule has 0 aliphatic rings. The Morgan fingerprint density at radius 3 is 1.94 bits per heavy atom. The van der Waals surface area contributed by atoms with E-state index in [1.807, 2.05) is 0 Å². The fourth-order valence-electron chi connectivity index (χ4n) is 1.97. The normalized spacial score (nSPS) is 13.9. The van der Waals surface area contributed by atoms with Crippen LogP contribution < -0.4 is 0 Å². The summed E-state index contributed by atoms with van der Waals surface area (Å²) in [7, 11) is 0. The molecule has 0 aliphatic carbocycles. The van der Waals surface area contributed by atoms with Crippen LogP contribution in [0.2, 0.25) is 0 Å². The van der Waals surface area contributed by atoms with Crippen molar-refractivity contribution in [2.75, 3.05) is 6.67 Å². The second-order valence-electron chi connectivity index (χ2n) is 4.63. The third-order valence-corrected chi connectivity index (χ3v) is 3.98. The lowest BCUT2D eigenvalue weighted by atomic mass is 9.97. The first-order chi connectivity index (χ1) is 8.02. The predicted octanol–water partition coefficient (Wildman–Crippen LogP) is 6.47. The molecule has 0 aromatic heterocycles. The maximum atomic E-state index is 12.1. The highest BCUT2D eigenvalue weighted by Gasteiger charge is 2.31. The monoisotopic (exact) mass is 304 g/mol. The molecule has 0 aliphatic heterocycles. The van der Waals surface area contributed by atoms with Crippen LogP contribution in [-0.2, 0) is 0 Å². The van der Waals surface area contributed by atoms with Gasteiger partial charge in [-0.3, -0.25) is 4.39 Å².